The van der Waals surface area contributed by atoms with Crippen molar-refractivity contribution in [2.24, 2.45) is 58.2 Å². The number of carbonyl (C=O) groups is 1. The summed E-state index contributed by atoms with van der Waals surface area (Å²) in [5.41, 5.74) is 0.460. The number of hydrogen-bond donors (Lipinski definition) is 3. The van der Waals surface area contributed by atoms with Gasteiger partial charge in [-0.25, -0.2) is 0 Å². The third-order valence-corrected chi connectivity index (χ3v) is 11.3. The highest BCUT2D eigenvalue weighted by atomic mass is 16.4. The molecule has 4 saturated carbocycles. The van der Waals surface area contributed by atoms with Gasteiger partial charge in [0.1, 0.15) is 0 Å². The van der Waals surface area contributed by atoms with E-state index in [-0.39, 0.29) is 29.0 Å². The Morgan fingerprint density at radius 1 is 0.968 bits per heavy atom. The third-order valence-electron chi connectivity index (χ3n) is 11.3. The Labute approximate surface area is 189 Å². The van der Waals surface area contributed by atoms with Crippen molar-refractivity contribution >= 4 is 5.97 Å². The number of hydrogen-bond acceptors (Lipinski definition) is 3. The Morgan fingerprint density at radius 3 is 2.26 bits per heavy atom. The first kappa shape index (κ1) is 23.5. The van der Waals surface area contributed by atoms with Crippen LogP contribution in [-0.2, 0) is 4.79 Å². The summed E-state index contributed by atoms with van der Waals surface area (Å²) in [5.74, 6) is 2.23. The Bertz CT molecular complexity index is 678. The molecule has 4 fully saturated rings. The topological polar surface area (TPSA) is 77.8 Å². The molecule has 0 bridgehead atoms. The fraction of sp³-hybridized carbons (Fsp3) is 0.963. The predicted molar refractivity (Wildman–Crippen MR) is 122 cm³/mol. The molecule has 12 atom stereocenters. The molecule has 0 aromatic heterocycles. The molecule has 0 amide bonds. The van der Waals surface area contributed by atoms with Gasteiger partial charge in [-0.3, -0.25) is 4.79 Å². The largest absolute Gasteiger partial charge is 0.481 e. The van der Waals surface area contributed by atoms with Crippen molar-refractivity contribution in [3.63, 3.8) is 0 Å². The minimum atomic E-state index is -0.679. The van der Waals surface area contributed by atoms with Crippen LogP contribution in [0.4, 0.5) is 0 Å². The molecule has 4 nitrogen and oxygen atoms in total. The molecule has 0 radical (unpaired) electrons. The summed E-state index contributed by atoms with van der Waals surface area (Å²) >= 11 is 0. The Hall–Kier alpha value is -0.610. The molecule has 0 unspecified atom stereocenters. The lowest BCUT2D eigenvalue weighted by atomic mass is 9.41. The van der Waals surface area contributed by atoms with Crippen molar-refractivity contribution in [3.05, 3.63) is 0 Å². The van der Waals surface area contributed by atoms with E-state index in [1.165, 1.54) is 25.7 Å². The van der Waals surface area contributed by atoms with Crippen LogP contribution in [0.1, 0.15) is 92.4 Å². The monoisotopic (exact) mass is 434 g/mol. The molecule has 0 aromatic carbocycles. The van der Waals surface area contributed by atoms with E-state index in [4.69, 9.17) is 0 Å². The van der Waals surface area contributed by atoms with Crippen LogP contribution in [0.5, 0.6) is 0 Å². The summed E-state index contributed by atoms with van der Waals surface area (Å²) in [5, 5.41) is 31.6. The molecule has 4 rings (SSSR count). The molecule has 4 aliphatic carbocycles. The second-order valence-corrected chi connectivity index (χ2v) is 12.6. The highest BCUT2D eigenvalue weighted by molar-refractivity contribution is 5.69. The van der Waals surface area contributed by atoms with E-state index >= 15 is 0 Å². The van der Waals surface area contributed by atoms with E-state index in [2.05, 4.69) is 27.7 Å². The molecule has 4 heteroatoms. The first-order chi connectivity index (χ1) is 14.5. The molecule has 178 valence electrons. The lowest BCUT2D eigenvalue weighted by molar-refractivity contribution is -0.203. The van der Waals surface area contributed by atoms with Crippen LogP contribution in [0.25, 0.3) is 0 Å². The van der Waals surface area contributed by atoms with Crippen molar-refractivity contribution in [1.82, 2.24) is 0 Å². The van der Waals surface area contributed by atoms with Gasteiger partial charge in [0.2, 0.25) is 0 Å². The number of carboxylic acids is 1. The van der Waals surface area contributed by atoms with E-state index in [1.54, 1.807) is 0 Å². The zero-order chi connectivity index (χ0) is 22.7. The summed E-state index contributed by atoms with van der Waals surface area (Å²) < 4.78 is 0. The molecule has 0 aromatic rings. The van der Waals surface area contributed by atoms with E-state index in [1.807, 2.05) is 6.92 Å². The van der Waals surface area contributed by atoms with Crippen molar-refractivity contribution < 1.29 is 20.1 Å². The van der Waals surface area contributed by atoms with Crippen molar-refractivity contribution in [3.8, 4) is 0 Å². The first-order valence-electron chi connectivity index (χ1n) is 13.1. The van der Waals surface area contributed by atoms with Crippen LogP contribution in [0.15, 0.2) is 0 Å². The maximum Gasteiger partial charge on any atom is 0.306 e. The van der Waals surface area contributed by atoms with Gasteiger partial charge in [-0.15, -0.1) is 0 Å². The standard InChI is InChI=1S/C27H46O4/c1-6-18-22-14-17(28)9-11-27(22,5)21-10-12-26(4)19(15(2)13-16(3)25(30)31)7-8-20(26)23(21)24(18)29/h15-24,28-29H,6-14H2,1-5H3,(H,30,31)/t15-,16+,17-,18-,19-,20+,21+,22+,23+,24-,26-,27-/m1/s1. The van der Waals surface area contributed by atoms with Gasteiger partial charge in [0.15, 0.2) is 0 Å². The average molecular weight is 435 g/mol. The smallest absolute Gasteiger partial charge is 0.306 e. The maximum atomic E-state index is 11.7. The molecule has 0 aliphatic heterocycles. The summed E-state index contributed by atoms with van der Waals surface area (Å²) in [6.07, 6.45) is 8.95. The van der Waals surface area contributed by atoms with Gasteiger partial charge in [0.05, 0.1) is 18.1 Å². The van der Waals surface area contributed by atoms with E-state index in [0.717, 1.165) is 32.1 Å². The summed E-state index contributed by atoms with van der Waals surface area (Å²) in [6, 6.07) is 0. The zero-order valence-corrected chi connectivity index (χ0v) is 20.4. The first-order valence-corrected chi connectivity index (χ1v) is 13.1. The lowest BCUT2D eigenvalue weighted by Gasteiger charge is -2.64. The molecule has 0 heterocycles. The third kappa shape index (κ3) is 3.59. The van der Waals surface area contributed by atoms with Gasteiger partial charge >= 0.3 is 5.97 Å². The zero-order valence-electron chi connectivity index (χ0n) is 20.4. The van der Waals surface area contributed by atoms with Crippen LogP contribution < -0.4 is 0 Å². The highest BCUT2D eigenvalue weighted by Crippen LogP contribution is 2.69. The second kappa shape index (κ2) is 8.31. The molecular weight excluding hydrogens is 388 g/mol. The molecule has 3 N–H and O–H groups in total. The fourth-order valence-corrected chi connectivity index (χ4v) is 9.76. The van der Waals surface area contributed by atoms with Crippen LogP contribution >= 0.6 is 0 Å². The quantitative estimate of drug-likeness (QED) is 0.544. The molecule has 4 aliphatic rings. The minimum Gasteiger partial charge on any atom is -0.481 e. The van der Waals surface area contributed by atoms with Gasteiger partial charge in [-0.1, -0.05) is 41.0 Å². The SMILES string of the molecule is CC[C@H]1[C@@H](O)[C@@H]2[C@H](CC[C@]3(C)[C@@H]([C@H](C)C[C@H](C)C(=O)O)CC[C@@H]23)[C@@]2(C)CC[C@@H](O)C[C@@H]12. The van der Waals surface area contributed by atoms with Crippen LogP contribution in [-0.4, -0.2) is 33.5 Å². The van der Waals surface area contributed by atoms with Gasteiger partial charge < -0.3 is 15.3 Å². The van der Waals surface area contributed by atoms with Gasteiger partial charge in [0.25, 0.3) is 0 Å². The highest BCUT2D eigenvalue weighted by Gasteiger charge is 2.64. The van der Waals surface area contributed by atoms with Crippen molar-refractivity contribution in [2.75, 3.05) is 0 Å². The Kier molecular flexibility index (Phi) is 6.31. The van der Waals surface area contributed by atoms with Crippen LogP contribution in [0.3, 0.4) is 0 Å². The Balaban J connectivity index is 1.61. The second-order valence-electron chi connectivity index (χ2n) is 12.6. The fourth-order valence-electron chi connectivity index (χ4n) is 9.76. The summed E-state index contributed by atoms with van der Waals surface area (Å²) in [7, 11) is 0. The predicted octanol–water partition coefficient (Wildman–Crippen LogP) is 5.36. The van der Waals surface area contributed by atoms with Gasteiger partial charge in [-0.05, 0) is 104 Å². The minimum absolute atomic E-state index is 0.197. The van der Waals surface area contributed by atoms with Crippen molar-refractivity contribution in [2.45, 2.75) is 105 Å². The van der Waals surface area contributed by atoms with E-state index in [9.17, 15) is 20.1 Å². The Morgan fingerprint density at radius 2 is 1.61 bits per heavy atom. The molecule has 0 saturated heterocycles. The maximum absolute atomic E-state index is 11.7. The normalized spacial score (nSPS) is 51.3. The summed E-state index contributed by atoms with van der Waals surface area (Å²) in [4.78, 5) is 11.5. The lowest BCUT2D eigenvalue weighted by Crippen LogP contribution is -2.62. The van der Waals surface area contributed by atoms with E-state index in [0.29, 0.717) is 41.4 Å². The number of aliphatic hydroxyl groups is 2. The molecule has 31 heavy (non-hydrogen) atoms. The number of aliphatic hydroxyl groups excluding tert-OH is 2. The average Bonchev–Trinajstić information content (AvgIpc) is 3.06. The summed E-state index contributed by atoms with van der Waals surface area (Å²) in [6.45, 7) is 11.3. The van der Waals surface area contributed by atoms with Crippen molar-refractivity contribution in [1.29, 1.82) is 0 Å². The number of aliphatic carboxylic acids is 1. The van der Waals surface area contributed by atoms with Crippen LogP contribution in [0.2, 0.25) is 0 Å². The molecule has 0 spiro atoms. The van der Waals surface area contributed by atoms with Gasteiger partial charge in [0, 0.05) is 0 Å². The van der Waals surface area contributed by atoms with Gasteiger partial charge in [-0.2, -0.15) is 0 Å². The van der Waals surface area contributed by atoms with E-state index < -0.39 is 5.97 Å². The molecular formula is C27H46O4. The number of rotatable bonds is 5. The number of carboxylic acid groups (broad SMARTS) is 1. The number of fused-ring (bicyclic) bond motifs is 5. The van der Waals surface area contributed by atoms with Crippen LogP contribution in [0, 0.1) is 58.2 Å².